The molecule has 0 unspecified atom stereocenters. The average Bonchev–Trinajstić information content (AvgIpc) is 1.97. The smallest absolute Gasteiger partial charge is 0.0616 e. The van der Waals surface area contributed by atoms with Gasteiger partial charge in [-0.05, 0) is 26.7 Å². The lowest BCUT2D eigenvalue weighted by Crippen LogP contribution is -2.09. The van der Waals surface area contributed by atoms with Crippen LogP contribution in [0.25, 0.3) is 0 Å². The Morgan fingerprint density at radius 2 is 1.69 bits per heavy atom. The molecule has 0 heterocycles. The minimum atomic E-state index is 0.305. The Balaban J connectivity index is 4.94. The molecule has 0 amide bonds. The van der Waals surface area contributed by atoms with Gasteiger partial charge in [-0.25, -0.2) is 0 Å². The Kier molecular flexibility index (Phi) is 4.38. The Hall–Kier alpha value is -1.12. The van der Waals surface area contributed by atoms with Crippen molar-refractivity contribution in [2.24, 2.45) is 16.6 Å². The molecule has 3 nitrogen and oxygen atoms in total. The van der Waals surface area contributed by atoms with Gasteiger partial charge in [-0.1, -0.05) is 13.8 Å². The predicted molar refractivity (Wildman–Crippen MR) is 58.2 cm³/mol. The van der Waals surface area contributed by atoms with Crippen LogP contribution < -0.4 is 5.73 Å². The van der Waals surface area contributed by atoms with Crippen LogP contribution >= 0.6 is 0 Å². The van der Waals surface area contributed by atoms with E-state index >= 15 is 0 Å². The molecule has 0 spiro atoms. The zero-order valence-corrected chi connectivity index (χ0v) is 9.10. The van der Waals surface area contributed by atoms with Gasteiger partial charge in [0.1, 0.15) is 0 Å². The molecule has 3 heteroatoms. The van der Waals surface area contributed by atoms with Gasteiger partial charge in [-0.2, -0.15) is 0 Å². The van der Waals surface area contributed by atoms with Gasteiger partial charge in [0.25, 0.3) is 0 Å². The van der Waals surface area contributed by atoms with Crippen molar-refractivity contribution in [1.29, 1.82) is 5.41 Å². The molecule has 0 aromatic heterocycles. The second kappa shape index (κ2) is 4.80. The summed E-state index contributed by atoms with van der Waals surface area (Å²) < 4.78 is 0. The molecule has 0 bridgehead atoms. The predicted octanol–water partition coefficient (Wildman–Crippen LogP) is 2.33. The van der Waals surface area contributed by atoms with Gasteiger partial charge < -0.3 is 11.1 Å². The van der Waals surface area contributed by atoms with E-state index in [1.807, 2.05) is 27.7 Å². The highest BCUT2D eigenvalue weighted by Crippen LogP contribution is 2.13. The van der Waals surface area contributed by atoms with Crippen LogP contribution in [0.3, 0.4) is 0 Å². The van der Waals surface area contributed by atoms with Gasteiger partial charge in [-0.15, -0.1) is 0 Å². The van der Waals surface area contributed by atoms with Gasteiger partial charge in [-0.3, -0.25) is 4.99 Å². The fraction of sp³-hybridized carbons (Fsp3) is 0.600. The number of nitrogens with zero attached hydrogens (tertiary/aromatic N) is 1. The van der Waals surface area contributed by atoms with Crippen LogP contribution in [0.5, 0.6) is 0 Å². The summed E-state index contributed by atoms with van der Waals surface area (Å²) in [6, 6.07) is 0. The third kappa shape index (κ3) is 3.87. The number of hydrogen-bond donors (Lipinski definition) is 2. The van der Waals surface area contributed by atoms with E-state index in [0.717, 1.165) is 17.1 Å². The van der Waals surface area contributed by atoms with Crippen molar-refractivity contribution in [2.45, 2.75) is 34.6 Å². The van der Waals surface area contributed by atoms with Crippen LogP contribution in [0.15, 0.2) is 16.4 Å². The Morgan fingerprint density at radius 3 is 1.92 bits per heavy atom. The fourth-order valence-electron chi connectivity index (χ4n) is 0.937. The van der Waals surface area contributed by atoms with Gasteiger partial charge in [0.05, 0.1) is 11.4 Å². The quantitative estimate of drug-likeness (QED) is 0.645. The number of nitrogens with one attached hydrogen (secondary N) is 1. The van der Waals surface area contributed by atoms with Crippen LogP contribution in [0.4, 0.5) is 0 Å². The summed E-state index contributed by atoms with van der Waals surface area (Å²) in [5.41, 5.74) is 8.51. The summed E-state index contributed by atoms with van der Waals surface area (Å²) in [5, 5.41) is 7.38. The molecule has 0 radical (unpaired) electrons. The summed E-state index contributed by atoms with van der Waals surface area (Å²) in [4.78, 5) is 4.32. The first kappa shape index (κ1) is 11.9. The van der Waals surface area contributed by atoms with E-state index in [9.17, 15) is 0 Å². The highest BCUT2D eigenvalue weighted by atomic mass is 14.8. The molecular weight excluding hydrogens is 162 g/mol. The lowest BCUT2D eigenvalue weighted by molar-refractivity contribution is 0.743. The molecule has 0 saturated carbocycles. The monoisotopic (exact) mass is 181 g/mol. The van der Waals surface area contributed by atoms with E-state index < -0.39 is 0 Å². The molecule has 74 valence electrons. The maximum atomic E-state index is 7.38. The van der Waals surface area contributed by atoms with E-state index in [4.69, 9.17) is 11.1 Å². The van der Waals surface area contributed by atoms with Crippen molar-refractivity contribution in [1.82, 2.24) is 0 Å². The fourth-order valence-corrected chi connectivity index (χ4v) is 0.937. The minimum absolute atomic E-state index is 0.305. The Morgan fingerprint density at radius 1 is 1.23 bits per heavy atom. The largest absolute Gasteiger partial charge is 0.401 e. The third-order valence-electron chi connectivity index (χ3n) is 1.78. The topological polar surface area (TPSA) is 62.2 Å². The van der Waals surface area contributed by atoms with Crippen molar-refractivity contribution in [3.63, 3.8) is 0 Å². The molecule has 0 aliphatic rings. The van der Waals surface area contributed by atoms with Crippen LogP contribution in [0.1, 0.15) is 34.6 Å². The molecule has 0 aliphatic heterocycles. The lowest BCUT2D eigenvalue weighted by atomic mass is 10.1. The zero-order chi connectivity index (χ0) is 10.6. The first-order chi connectivity index (χ1) is 5.86. The van der Waals surface area contributed by atoms with E-state index in [-0.39, 0.29) is 0 Å². The summed E-state index contributed by atoms with van der Waals surface area (Å²) >= 11 is 0. The van der Waals surface area contributed by atoms with Gasteiger partial charge in [0.15, 0.2) is 0 Å². The Labute approximate surface area is 80.3 Å². The average molecular weight is 181 g/mol. The Bertz CT molecular complexity index is 255. The van der Waals surface area contributed by atoms with Crippen molar-refractivity contribution < 1.29 is 0 Å². The molecular formula is C10H19N3. The summed E-state index contributed by atoms with van der Waals surface area (Å²) in [7, 11) is 0. The number of aliphatic imine (C=N–C) groups is 1. The van der Waals surface area contributed by atoms with Crippen molar-refractivity contribution in [3.8, 4) is 0 Å². The molecule has 0 saturated heterocycles. The highest BCUT2D eigenvalue weighted by molar-refractivity contribution is 6.39. The molecule has 0 fully saturated rings. The standard InChI is InChI=1S/C10H19N3/c1-6(2)10(8(4)12)13-9(5)7(3)11/h6,11H,12H2,1-5H3. The van der Waals surface area contributed by atoms with E-state index in [1.54, 1.807) is 6.92 Å². The SMILES string of the molecule is CC(=N)C(C)=NC(=C(C)N)C(C)C. The normalized spacial score (nSPS) is 14.5. The lowest BCUT2D eigenvalue weighted by Gasteiger charge is -2.09. The molecule has 0 aliphatic carbocycles. The summed E-state index contributed by atoms with van der Waals surface area (Å²) in [5.74, 6) is 0.305. The second-order valence-electron chi connectivity index (χ2n) is 3.55. The molecule has 0 rings (SSSR count). The van der Waals surface area contributed by atoms with E-state index in [0.29, 0.717) is 11.6 Å². The van der Waals surface area contributed by atoms with Crippen molar-refractivity contribution >= 4 is 11.4 Å². The molecule has 0 aromatic rings. The summed E-state index contributed by atoms with van der Waals surface area (Å²) in [6.45, 7) is 9.48. The molecule has 3 N–H and O–H groups in total. The minimum Gasteiger partial charge on any atom is -0.401 e. The van der Waals surface area contributed by atoms with Crippen LogP contribution in [0.2, 0.25) is 0 Å². The van der Waals surface area contributed by atoms with E-state index in [1.165, 1.54) is 0 Å². The number of hydrogen-bond acceptors (Lipinski definition) is 3. The van der Waals surface area contributed by atoms with Gasteiger partial charge in [0, 0.05) is 11.4 Å². The van der Waals surface area contributed by atoms with Crippen LogP contribution in [-0.4, -0.2) is 11.4 Å². The second-order valence-corrected chi connectivity index (χ2v) is 3.55. The van der Waals surface area contributed by atoms with E-state index in [2.05, 4.69) is 4.99 Å². The summed E-state index contributed by atoms with van der Waals surface area (Å²) in [6.07, 6.45) is 0. The van der Waals surface area contributed by atoms with Gasteiger partial charge >= 0.3 is 0 Å². The highest BCUT2D eigenvalue weighted by Gasteiger charge is 2.05. The maximum Gasteiger partial charge on any atom is 0.0616 e. The molecule has 13 heavy (non-hydrogen) atoms. The zero-order valence-electron chi connectivity index (χ0n) is 9.10. The first-order valence-electron chi connectivity index (χ1n) is 4.43. The van der Waals surface area contributed by atoms with Crippen molar-refractivity contribution in [3.05, 3.63) is 11.4 Å². The van der Waals surface area contributed by atoms with Crippen LogP contribution in [0, 0.1) is 11.3 Å². The number of nitrogens with two attached hydrogens (primary N) is 1. The third-order valence-corrected chi connectivity index (χ3v) is 1.78. The van der Waals surface area contributed by atoms with Gasteiger partial charge in [0.2, 0.25) is 0 Å². The number of allylic oxidation sites excluding steroid dienone is 2. The number of rotatable bonds is 3. The molecule has 0 aromatic carbocycles. The molecule has 0 atom stereocenters. The van der Waals surface area contributed by atoms with Crippen molar-refractivity contribution in [2.75, 3.05) is 0 Å². The van der Waals surface area contributed by atoms with Crippen LogP contribution in [-0.2, 0) is 0 Å². The first-order valence-corrected chi connectivity index (χ1v) is 4.43. The maximum absolute atomic E-state index is 7.38.